The molecule has 134 valence electrons. The zero-order chi connectivity index (χ0) is 17.9. The topological polar surface area (TPSA) is 75.6 Å². The third-order valence-electron chi connectivity index (χ3n) is 4.87. The minimum absolute atomic E-state index is 0.0264. The summed E-state index contributed by atoms with van der Waals surface area (Å²) in [6.07, 6.45) is 7.01. The molecule has 2 N–H and O–H groups in total. The van der Waals surface area contributed by atoms with Crippen molar-refractivity contribution in [3.05, 3.63) is 71.1 Å². The number of aromatic nitrogens is 4. The molecule has 0 fully saturated rings. The molecule has 26 heavy (non-hydrogen) atoms. The number of carbonyl (C=O) groups is 1. The van der Waals surface area contributed by atoms with Gasteiger partial charge in [-0.25, -0.2) is 9.67 Å². The molecular formula is C20H23N5O. The molecule has 2 aromatic heterocycles. The maximum atomic E-state index is 12.8. The number of hydrogen-bond donors (Lipinski definition) is 2. The lowest BCUT2D eigenvalue weighted by Crippen LogP contribution is -2.41. The van der Waals surface area contributed by atoms with Gasteiger partial charge in [-0.15, -0.1) is 0 Å². The zero-order valence-corrected chi connectivity index (χ0v) is 14.9. The van der Waals surface area contributed by atoms with Crippen LogP contribution in [0, 0.1) is 0 Å². The van der Waals surface area contributed by atoms with Gasteiger partial charge < -0.3 is 10.3 Å². The van der Waals surface area contributed by atoms with Gasteiger partial charge >= 0.3 is 0 Å². The second-order valence-electron chi connectivity index (χ2n) is 6.75. The molecule has 1 aliphatic heterocycles. The third kappa shape index (κ3) is 3.40. The average molecular weight is 349 g/mol. The first kappa shape index (κ1) is 16.6. The molecule has 3 heterocycles. The number of H-pyrrole nitrogens is 1. The van der Waals surface area contributed by atoms with Crippen LogP contribution in [0.15, 0.2) is 42.7 Å². The summed E-state index contributed by atoms with van der Waals surface area (Å²) in [6, 6.07) is 10.3. The Labute approximate surface area is 152 Å². The van der Waals surface area contributed by atoms with Crippen molar-refractivity contribution in [2.24, 2.45) is 0 Å². The van der Waals surface area contributed by atoms with Crippen molar-refractivity contribution in [3.63, 3.8) is 0 Å². The highest BCUT2D eigenvalue weighted by atomic mass is 16.1. The van der Waals surface area contributed by atoms with Gasteiger partial charge in [-0.05, 0) is 24.0 Å². The maximum Gasteiger partial charge on any atom is 0.253 e. The number of benzene rings is 1. The molecule has 1 aliphatic rings. The number of fused-ring (bicyclic) bond motifs is 1. The zero-order valence-electron chi connectivity index (χ0n) is 14.9. The van der Waals surface area contributed by atoms with Crippen LogP contribution >= 0.6 is 0 Å². The number of aryl methyl sites for hydroxylation is 2. The summed E-state index contributed by atoms with van der Waals surface area (Å²) in [5.74, 6) is 1.88. The van der Waals surface area contributed by atoms with Crippen LogP contribution in [-0.2, 0) is 25.8 Å². The van der Waals surface area contributed by atoms with E-state index < -0.39 is 0 Å². The Bertz CT molecular complexity index is 896. The average Bonchev–Trinajstić information content (AvgIpc) is 3.28. The van der Waals surface area contributed by atoms with Crippen molar-refractivity contribution in [2.75, 3.05) is 0 Å². The highest BCUT2D eigenvalue weighted by molar-refractivity contribution is 5.95. The van der Waals surface area contributed by atoms with Crippen LogP contribution in [0.3, 0.4) is 0 Å². The summed E-state index contributed by atoms with van der Waals surface area (Å²) in [5.41, 5.74) is 2.92. The Morgan fingerprint density at radius 2 is 2.15 bits per heavy atom. The molecular weight excluding hydrogens is 326 g/mol. The lowest BCUT2D eigenvalue weighted by Gasteiger charge is -2.23. The molecule has 0 radical (unpaired) electrons. The van der Waals surface area contributed by atoms with E-state index in [2.05, 4.69) is 39.4 Å². The molecule has 1 aromatic carbocycles. The van der Waals surface area contributed by atoms with Gasteiger partial charge in [0.25, 0.3) is 5.91 Å². The minimum atomic E-state index is -0.0264. The Morgan fingerprint density at radius 1 is 1.31 bits per heavy atom. The van der Waals surface area contributed by atoms with Gasteiger partial charge in [0.2, 0.25) is 0 Å². The number of hydrogen-bond acceptors (Lipinski definition) is 3. The number of rotatable bonds is 5. The summed E-state index contributed by atoms with van der Waals surface area (Å²) in [6.45, 7) is 2.74. The first-order valence-electron chi connectivity index (χ1n) is 9.16. The lowest BCUT2D eigenvalue weighted by molar-refractivity contribution is 0.0925. The molecule has 3 aromatic rings. The Morgan fingerprint density at radius 3 is 2.96 bits per heavy atom. The summed E-state index contributed by atoms with van der Waals surface area (Å²) in [7, 11) is 0. The van der Waals surface area contributed by atoms with Crippen molar-refractivity contribution in [1.29, 1.82) is 0 Å². The van der Waals surface area contributed by atoms with Gasteiger partial charge in [0, 0.05) is 31.3 Å². The number of aromatic amines is 1. The van der Waals surface area contributed by atoms with E-state index in [1.165, 1.54) is 5.56 Å². The Balaban J connectivity index is 1.44. The monoisotopic (exact) mass is 349 g/mol. The molecule has 6 heteroatoms. The molecule has 0 spiro atoms. The van der Waals surface area contributed by atoms with Crippen LogP contribution in [-0.4, -0.2) is 31.7 Å². The normalized spacial score (nSPS) is 16.3. The second kappa shape index (κ2) is 7.15. The van der Waals surface area contributed by atoms with Crippen molar-refractivity contribution < 1.29 is 4.79 Å². The fourth-order valence-corrected chi connectivity index (χ4v) is 3.46. The lowest BCUT2D eigenvalue weighted by atomic mass is 10.0. The van der Waals surface area contributed by atoms with Gasteiger partial charge in [-0.1, -0.05) is 37.3 Å². The summed E-state index contributed by atoms with van der Waals surface area (Å²) in [4.78, 5) is 20.4. The SMILES string of the molecule is CCc1nc2n(n1)CC(NC(=O)c1c[nH]cc1Cc1ccccc1)CC2. The molecule has 1 unspecified atom stereocenters. The standard InChI is InChI=1S/C20H23N5O/c1-2-18-23-19-9-8-16(13-25(19)24-18)22-20(26)17-12-21-11-15(17)10-14-6-4-3-5-7-14/h3-7,11-12,16,21H,2,8-10,13H2,1H3,(H,22,26). The predicted molar refractivity (Wildman–Crippen MR) is 99.0 cm³/mol. The van der Waals surface area contributed by atoms with Crippen LogP contribution in [0.1, 0.15) is 46.5 Å². The maximum absolute atomic E-state index is 12.8. The van der Waals surface area contributed by atoms with E-state index in [4.69, 9.17) is 0 Å². The Kier molecular flexibility index (Phi) is 4.56. The van der Waals surface area contributed by atoms with E-state index in [-0.39, 0.29) is 11.9 Å². The van der Waals surface area contributed by atoms with E-state index in [1.807, 2.05) is 29.1 Å². The van der Waals surface area contributed by atoms with E-state index in [0.717, 1.165) is 42.9 Å². The fourth-order valence-electron chi connectivity index (χ4n) is 3.46. The smallest absolute Gasteiger partial charge is 0.253 e. The van der Waals surface area contributed by atoms with Crippen molar-refractivity contribution in [2.45, 2.75) is 45.2 Å². The molecule has 0 saturated carbocycles. The number of nitrogens with one attached hydrogen (secondary N) is 2. The van der Waals surface area contributed by atoms with E-state index in [1.54, 1.807) is 6.20 Å². The van der Waals surface area contributed by atoms with Gasteiger partial charge in [0.05, 0.1) is 12.1 Å². The Hall–Kier alpha value is -2.89. The summed E-state index contributed by atoms with van der Waals surface area (Å²) < 4.78 is 1.94. The van der Waals surface area contributed by atoms with Crippen LogP contribution < -0.4 is 5.32 Å². The highest BCUT2D eigenvalue weighted by Gasteiger charge is 2.24. The third-order valence-corrected chi connectivity index (χ3v) is 4.87. The molecule has 0 aliphatic carbocycles. The molecule has 6 nitrogen and oxygen atoms in total. The molecule has 0 saturated heterocycles. The van der Waals surface area contributed by atoms with Crippen molar-refractivity contribution in [3.8, 4) is 0 Å². The van der Waals surface area contributed by atoms with Gasteiger partial charge in [-0.2, -0.15) is 5.10 Å². The minimum Gasteiger partial charge on any atom is -0.367 e. The number of carbonyl (C=O) groups excluding carboxylic acids is 1. The molecule has 1 amide bonds. The van der Waals surface area contributed by atoms with Gasteiger partial charge in [0.1, 0.15) is 5.82 Å². The van der Waals surface area contributed by atoms with Crippen LogP contribution in [0.2, 0.25) is 0 Å². The van der Waals surface area contributed by atoms with Gasteiger partial charge in [0.15, 0.2) is 5.82 Å². The van der Waals surface area contributed by atoms with Crippen LogP contribution in [0.25, 0.3) is 0 Å². The first-order chi connectivity index (χ1) is 12.7. The van der Waals surface area contributed by atoms with Crippen LogP contribution in [0.4, 0.5) is 0 Å². The molecule has 1 atom stereocenters. The highest BCUT2D eigenvalue weighted by Crippen LogP contribution is 2.17. The van der Waals surface area contributed by atoms with Crippen molar-refractivity contribution >= 4 is 5.91 Å². The van der Waals surface area contributed by atoms with Gasteiger partial charge in [-0.3, -0.25) is 4.79 Å². The van der Waals surface area contributed by atoms with E-state index >= 15 is 0 Å². The number of nitrogens with zero attached hydrogens (tertiary/aromatic N) is 3. The van der Waals surface area contributed by atoms with Crippen molar-refractivity contribution in [1.82, 2.24) is 25.1 Å². The predicted octanol–water partition coefficient (Wildman–Crippen LogP) is 2.50. The number of amides is 1. The summed E-state index contributed by atoms with van der Waals surface area (Å²) >= 11 is 0. The quantitative estimate of drug-likeness (QED) is 0.743. The molecule has 4 rings (SSSR count). The van der Waals surface area contributed by atoms with Crippen LogP contribution in [0.5, 0.6) is 0 Å². The molecule has 0 bridgehead atoms. The fraction of sp³-hybridized carbons (Fsp3) is 0.350. The van der Waals surface area contributed by atoms with E-state index in [9.17, 15) is 4.79 Å². The van der Waals surface area contributed by atoms with E-state index in [0.29, 0.717) is 12.1 Å². The second-order valence-corrected chi connectivity index (χ2v) is 6.75. The summed E-state index contributed by atoms with van der Waals surface area (Å²) in [5, 5.41) is 7.68. The first-order valence-corrected chi connectivity index (χ1v) is 9.16. The largest absolute Gasteiger partial charge is 0.367 e.